The van der Waals surface area contributed by atoms with Gasteiger partial charge in [0.2, 0.25) is 0 Å². The van der Waals surface area contributed by atoms with Crippen molar-refractivity contribution >= 4 is 16.7 Å². The molecule has 3 rings (SSSR count). The maximum atomic E-state index is 12.8. The fraction of sp³-hybridized carbons (Fsp3) is 0.211. The molecule has 21 heavy (non-hydrogen) atoms. The number of fused-ring (bicyclic) bond motifs is 1. The fourth-order valence-electron chi connectivity index (χ4n) is 2.96. The van der Waals surface area contributed by atoms with Crippen molar-refractivity contribution < 1.29 is 4.79 Å². The number of aryl methyl sites for hydroxylation is 3. The summed E-state index contributed by atoms with van der Waals surface area (Å²) in [6.07, 6.45) is 2.79. The lowest BCUT2D eigenvalue weighted by Crippen LogP contribution is -2.01. The first kappa shape index (κ1) is 13.6. The first-order chi connectivity index (χ1) is 10.1. The van der Waals surface area contributed by atoms with Gasteiger partial charge in [0.25, 0.3) is 0 Å². The predicted octanol–water partition coefficient (Wildman–Crippen LogP) is 4.58. The van der Waals surface area contributed by atoms with Gasteiger partial charge in [-0.15, -0.1) is 0 Å². The summed E-state index contributed by atoms with van der Waals surface area (Å²) in [5, 5.41) is 1.01. The molecule has 0 saturated heterocycles. The molecule has 0 aliphatic rings. The van der Waals surface area contributed by atoms with E-state index in [4.69, 9.17) is 0 Å². The van der Waals surface area contributed by atoms with Gasteiger partial charge in [0, 0.05) is 28.2 Å². The van der Waals surface area contributed by atoms with Gasteiger partial charge < -0.3 is 4.98 Å². The molecule has 1 heterocycles. The zero-order valence-corrected chi connectivity index (χ0v) is 12.7. The maximum Gasteiger partial charge on any atom is 0.195 e. The van der Waals surface area contributed by atoms with Gasteiger partial charge in [-0.05, 0) is 38.0 Å². The first-order valence-electron chi connectivity index (χ1n) is 7.32. The molecule has 2 nitrogen and oxygen atoms in total. The van der Waals surface area contributed by atoms with E-state index in [-0.39, 0.29) is 5.78 Å². The molecule has 3 aromatic rings. The minimum Gasteiger partial charge on any atom is -0.360 e. The second-order valence-electron chi connectivity index (χ2n) is 5.60. The molecule has 0 spiro atoms. The van der Waals surface area contributed by atoms with E-state index in [1.807, 2.05) is 44.3 Å². The molecule has 0 saturated carbocycles. The number of carbonyl (C=O) groups is 1. The molecule has 1 N–H and O–H groups in total. The molecule has 0 fully saturated rings. The summed E-state index contributed by atoms with van der Waals surface area (Å²) >= 11 is 0. The number of aromatic nitrogens is 1. The Morgan fingerprint density at radius 3 is 2.48 bits per heavy atom. The average molecular weight is 277 g/mol. The number of H-pyrrole nitrogens is 1. The normalized spacial score (nSPS) is 11.0. The summed E-state index contributed by atoms with van der Waals surface area (Å²) in [5.41, 5.74) is 6.07. The fourth-order valence-corrected chi connectivity index (χ4v) is 2.96. The lowest BCUT2D eigenvalue weighted by atomic mass is 9.98. The lowest BCUT2D eigenvalue weighted by molar-refractivity contribution is 0.104. The molecule has 0 aliphatic carbocycles. The Labute approximate surface area is 124 Å². The van der Waals surface area contributed by atoms with Gasteiger partial charge in [-0.1, -0.05) is 42.3 Å². The molecule has 0 unspecified atom stereocenters. The first-order valence-corrected chi connectivity index (χ1v) is 7.32. The number of ketones is 1. The largest absolute Gasteiger partial charge is 0.360 e. The van der Waals surface area contributed by atoms with Gasteiger partial charge in [-0.2, -0.15) is 0 Å². The number of rotatable bonds is 3. The Hall–Kier alpha value is -2.35. The van der Waals surface area contributed by atoms with E-state index in [1.54, 1.807) is 0 Å². The van der Waals surface area contributed by atoms with E-state index in [0.717, 1.165) is 39.6 Å². The minimum atomic E-state index is 0.0845. The standard InChI is InChI=1S/C19H19NO/c1-4-14-6-5-7-16-17(11-20-18(14)16)19(21)15-9-12(2)8-13(3)10-15/h5-11,20H,4H2,1-3H3. The lowest BCUT2D eigenvalue weighted by Gasteiger charge is -2.04. The molecule has 2 heteroatoms. The van der Waals surface area contributed by atoms with Crippen LogP contribution in [0.4, 0.5) is 0 Å². The second kappa shape index (κ2) is 5.21. The third kappa shape index (κ3) is 2.38. The summed E-state index contributed by atoms with van der Waals surface area (Å²) in [6, 6.07) is 12.1. The van der Waals surface area contributed by atoms with Crippen molar-refractivity contribution in [2.75, 3.05) is 0 Å². The summed E-state index contributed by atoms with van der Waals surface area (Å²) in [4.78, 5) is 16.1. The van der Waals surface area contributed by atoms with Crippen molar-refractivity contribution in [2.45, 2.75) is 27.2 Å². The number of carbonyl (C=O) groups excluding carboxylic acids is 1. The maximum absolute atomic E-state index is 12.8. The van der Waals surface area contributed by atoms with Gasteiger partial charge in [0.05, 0.1) is 0 Å². The molecule has 1 aromatic heterocycles. The highest BCUT2D eigenvalue weighted by molar-refractivity contribution is 6.16. The van der Waals surface area contributed by atoms with Crippen LogP contribution in [0.25, 0.3) is 10.9 Å². The molecule has 0 bridgehead atoms. The Balaban J connectivity index is 2.14. The summed E-state index contributed by atoms with van der Waals surface area (Å²) in [6.45, 7) is 6.17. The van der Waals surface area contributed by atoms with Crippen LogP contribution in [0, 0.1) is 13.8 Å². The third-order valence-corrected chi connectivity index (χ3v) is 3.91. The van der Waals surface area contributed by atoms with Crippen LogP contribution in [0.15, 0.2) is 42.6 Å². The quantitative estimate of drug-likeness (QED) is 0.698. The van der Waals surface area contributed by atoms with E-state index in [1.165, 1.54) is 5.56 Å². The molecule has 0 radical (unpaired) electrons. The van der Waals surface area contributed by atoms with Gasteiger partial charge in [-0.25, -0.2) is 0 Å². The number of benzene rings is 2. The number of nitrogens with one attached hydrogen (secondary N) is 1. The van der Waals surface area contributed by atoms with Crippen LogP contribution in [0.3, 0.4) is 0 Å². The van der Waals surface area contributed by atoms with Crippen LogP contribution in [0.5, 0.6) is 0 Å². The highest BCUT2D eigenvalue weighted by Crippen LogP contribution is 2.25. The zero-order valence-electron chi connectivity index (χ0n) is 12.7. The van der Waals surface area contributed by atoms with Gasteiger partial charge in [0.15, 0.2) is 5.78 Å². The number of aromatic amines is 1. The van der Waals surface area contributed by atoms with Crippen molar-refractivity contribution in [3.05, 3.63) is 70.4 Å². The molecule has 2 aromatic carbocycles. The molecule has 0 atom stereocenters. The summed E-state index contributed by atoms with van der Waals surface area (Å²) in [5.74, 6) is 0.0845. The Kier molecular flexibility index (Phi) is 3.38. The van der Waals surface area contributed by atoms with Gasteiger partial charge >= 0.3 is 0 Å². The third-order valence-electron chi connectivity index (χ3n) is 3.91. The molecule has 106 valence electrons. The highest BCUT2D eigenvalue weighted by atomic mass is 16.1. The monoisotopic (exact) mass is 277 g/mol. The predicted molar refractivity (Wildman–Crippen MR) is 87.0 cm³/mol. The van der Waals surface area contributed by atoms with Crippen molar-refractivity contribution in [1.29, 1.82) is 0 Å². The van der Waals surface area contributed by atoms with Gasteiger partial charge in [-0.3, -0.25) is 4.79 Å². The smallest absolute Gasteiger partial charge is 0.195 e. The van der Waals surface area contributed by atoms with Crippen LogP contribution in [-0.4, -0.2) is 10.8 Å². The molecule has 0 aliphatic heterocycles. The Morgan fingerprint density at radius 1 is 1.10 bits per heavy atom. The van der Waals surface area contributed by atoms with Crippen LogP contribution < -0.4 is 0 Å². The molecule has 0 amide bonds. The topological polar surface area (TPSA) is 32.9 Å². The Morgan fingerprint density at radius 2 is 1.81 bits per heavy atom. The second-order valence-corrected chi connectivity index (χ2v) is 5.60. The van der Waals surface area contributed by atoms with Crippen LogP contribution in [-0.2, 0) is 6.42 Å². The van der Waals surface area contributed by atoms with E-state index in [2.05, 4.69) is 24.0 Å². The van der Waals surface area contributed by atoms with Crippen molar-refractivity contribution in [3.63, 3.8) is 0 Å². The zero-order chi connectivity index (χ0) is 15.0. The highest BCUT2D eigenvalue weighted by Gasteiger charge is 2.15. The van der Waals surface area contributed by atoms with E-state index < -0.39 is 0 Å². The van der Waals surface area contributed by atoms with Crippen LogP contribution in [0.1, 0.15) is 39.5 Å². The van der Waals surface area contributed by atoms with E-state index >= 15 is 0 Å². The van der Waals surface area contributed by atoms with E-state index in [0.29, 0.717) is 0 Å². The average Bonchev–Trinajstić information content (AvgIpc) is 2.89. The number of hydrogen-bond acceptors (Lipinski definition) is 1. The van der Waals surface area contributed by atoms with Crippen LogP contribution in [0.2, 0.25) is 0 Å². The van der Waals surface area contributed by atoms with Crippen molar-refractivity contribution in [2.24, 2.45) is 0 Å². The minimum absolute atomic E-state index is 0.0845. The van der Waals surface area contributed by atoms with Crippen LogP contribution >= 0.6 is 0 Å². The number of para-hydroxylation sites is 1. The SMILES string of the molecule is CCc1cccc2c(C(=O)c3cc(C)cc(C)c3)c[nH]c12. The summed E-state index contributed by atoms with van der Waals surface area (Å²) in [7, 11) is 0. The molecular weight excluding hydrogens is 258 g/mol. The van der Waals surface area contributed by atoms with Crippen molar-refractivity contribution in [3.8, 4) is 0 Å². The van der Waals surface area contributed by atoms with Crippen molar-refractivity contribution in [1.82, 2.24) is 4.98 Å². The van der Waals surface area contributed by atoms with Gasteiger partial charge in [0.1, 0.15) is 0 Å². The van der Waals surface area contributed by atoms with E-state index in [9.17, 15) is 4.79 Å². The Bertz CT molecular complexity index is 806. The number of hydrogen-bond donors (Lipinski definition) is 1. The molecular formula is C19H19NO. The summed E-state index contributed by atoms with van der Waals surface area (Å²) < 4.78 is 0.